The highest BCUT2D eigenvalue weighted by Crippen LogP contribution is 2.59. The highest BCUT2D eigenvalue weighted by molar-refractivity contribution is 7.90. The van der Waals surface area contributed by atoms with Crippen LogP contribution in [-0.2, 0) is 14.6 Å². The third-order valence-electron chi connectivity index (χ3n) is 4.87. The van der Waals surface area contributed by atoms with Gasteiger partial charge < -0.3 is 5.32 Å². The number of sulfone groups is 1. The van der Waals surface area contributed by atoms with Crippen LogP contribution in [0.15, 0.2) is 40.8 Å². The Labute approximate surface area is 145 Å². The van der Waals surface area contributed by atoms with Crippen LogP contribution < -0.4 is 5.32 Å². The van der Waals surface area contributed by atoms with E-state index in [-0.39, 0.29) is 34.1 Å². The maximum atomic E-state index is 12.6. The number of amides is 1. The Morgan fingerprint density at radius 1 is 1.21 bits per heavy atom. The highest BCUT2D eigenvalue weighted by Gasteiger charge is 2.60. The van der Waals surface area contributed by atoms with Gasteiger partial charge in [0.05, 0.1) is 16.9 Å². The van der Waals surface area contributed by atoms with Gasteiger partial charge >= 0.3 is 0 Å². The van der Waals surface area contributed by atoms with Crippen molar-refractivity contribution in [3.63, 3.8) is 0 Å². The number of hydrogen-bond donors (Lipinski definition) is 1. The fraction of sp³-hybridized carbons (Fsp3) is 0.526. The molecule has 4 nitrogen and oxygen atoms in total. The zero-order chi connectivity index (χ0) is 18.3. The predicted octanol–water partition coefficient (Wildman–Crippen LogP) is 3.51. The number of carbonyl (C=O) groups excluding carboxylic acids is 1. The fourth-order valence-electron chi connectivity index (χ4n) is 3.24. The summed E-state index contributed by atoms with van der Waals surface area (Å²) in [5.41, 5.74) is 2.11. The van der Waals surface area contributed by atoms with Crippen LogP contribution in [-0.4, -0.2) is 20.6 Å². The van der Waals surface area contributed by atoms with Gasteiger partial charge in [-0.05, 0) is 49.8 Å². The second-order valence-corrected chi connectivity index (χ2v) is 9.66. The van der Waals surface area contributed by atoms with Gasteiger partial charge in [-0.3, -0.25) is 4.79 Å². The summed E-state index contributed by atoms with van der Waals surface area (Å²) in [6.45, 7) is 10.3. The van der Waals surface area contributed by atoms with E-state index in [0.717, 1.165) is 5.56 Å². The lowest BCUT2D eigenvalue weighted by Gasteiger charge is -2.15. The molecule has 0 radical (unpaired) electrons. The van der Waals surface area contributed by atoms with Crippen molar-refractivity contribution in [3.8, 4) is 0 Å². The van der Waals surface area contributed by atoms with Crippen molar-refractivity contribution in [1.29, 1.82) is 0 Å². The summed E-state index contributed by atoms with van der Waals surface area (Å²) >= 11 is 0. The molecule has 0 bridgehead atoms. The van der Waals surface area contributed by atoms with Crippen LogP contribution in [0.2, 0.25) is 0 Å². The van der Waals surface area contributed by atoms with E-state index in [0.29, 0.717) is 0 Å². The summed E-state index contributed by atoms with van der Waals surface area (Å²) in [5.74, 6) is 0.328. The maximum Gasteiger partial charge on any atom is 0.224 e. The molecule has 24 heavy (non-hydrogen) atoms. The van der Waals surface area contributed by atoms with Crippen LogP contribution in [0.5, 0.6) is 0 Å². The minimum absolute atomic E-state index is 0.00913. The van der Waals surface area contributed by atoms with Crippen molar-refractivity contribution >= 4 is 15.7 Å². The number of benzene rings is 1. The van der Waals surface area contributed by atoms with Gasteiger partial charge in [0, 0.05) is 6.26 Å². The molecule has 1 aromatic carbocycles. The van der Waals surface area contributed by atoms with Crippen LogP contribution in [0.4, 0.5) is 0 Å². The average molecular weight is 349 g/mol. The first-order valence-electron chi connectivity index (χ1n) is 8.20. The highest BCUT2D eigenvalue weighted by atomic mass is 32.2. The third kappa shape index (κ3) is 3.89. The number of hydrogen-bond acceptors (Lipinski definition) is 3. The van der Waals surface area contributed by atoms with Crippen molar-refractivity contribution < 1.29 is 13.2 Å². The molecular weight excluding hydrogens is 322 g/mol. The largest absolute Gasteiger partial charge is 0.349 e. The molecule has 2 rings (SSSR count). The van der Waals surface area contributed by atoms with Crippen molar-refractivity contribution in [1.82, 2.24) is 5.32 Å². The van der Waals surface area contributed by atoms with Crippen LogP contribution in [0.3, 0.4) is 0 Å². The van der Waals surface area contributed by atoms with Crippen LogP contribution in [0.25, 0.3) is 0 Å². The molecule has 0 unspecified atom stereocenters. The first-order valence-corrected chi connectivity index (χ1v) is 10.1. The first kappa shape index (κ1) is 18.7. The molecule has 1 saturated carbocycles. The topological polar surface area (TPSA) is 63.2 Å². The Morgan fingerprint density at radius 3 is 2.21 bits per heavy atom. The average Bonchev–Trinajstić information content (AvgIpc) is 2.98. The van der Waals surface area contributed by atoms with Gasteiger partial charge in [0.2, 0.25) is 5.91 Å². The van der Waals surface area contributed by atoms with E-state index in [4.69, 9.17) is 0 Å². The molecule has 0 saturated heterocycles. The lowest BCUT2D eigenvalue weighted by Crippen LogP contribution is -2.29. The SMILES string of the molecule is CC(C)=C[C@@H]1[C@@H](C(=O)N[C@@H](C)c2ccc(S(C)(=O)=O)cc2)C1(C)C. The fourth-order valence-corrected chi connectivity index (χ4v) is 3.87. The molecule has 0 aromatic heterocycles. The van der Waals surface area contributed by atoms with Crippen LogP contribution >= 0.6 is 0 Å². The van der Waals surface area contributed by atoms with Gasteiger partial charge in [0.15, 0.2) is 9.84 Å². The molecule has 1 aliphatic carbocycles. The van der Waals surface area contributed by atoms with Gasteiger partial charge in [0.25, 0.3) is 0 Å². The quantitative estimate of drug-likeness (QED) is 0.828. The molecular formula is C19H27NO3S. The molecule has 3 atom stereocenters. The normalized spacial score (nSPS) is 23.2. The Morgan fingerprint density at radius 2 is 1.75 bits per heavy atom. The molecule has 1 aliphatic rings. The summed E-state index contributed by atoms with van der Waals surface area (Å²) in [6, 6.07) is 6.52. The molecule has 0 spiro atoms. The third-order valence-corrected chi connectivity index (χ3v) is 6.00. The molecule has 0 aliphatic heterocycles. The van der Waals surface area contributed by atoms with E-state index in [1.807, 2.05) is 6.92 Å². The van der Waals surface area contributed by atoms with E-state index >= 15 is 0 Å². The summed E-state index contributed by atoms with van der Waals surface area (Å²) < 4.78 is 23.0. The van der Waals surface area contributed by atoms with Crippen molar-refractivity contribution in [2.45, 2.75) is 45.6 Å². The minimum atomic E-state index is -3.20. The predicted molar refractivity (Wildman–Crippen MR) is 96.3 cm³/mol. The Hall–Kier alpha value is -1.62. The monoisotopic (exact) mass is 349 g/mol. The molecule has 5 heteroatoms. The molecule has 0 heterocycles. The Bertz CT molecular complexity index is 756. The van der Waals surface area contributed by atoms with E-state index in [1.165, 1.54) is 11.8 Å². The Balaban J connectivity index is 2.06. The molecule has 1 aromatic rings. The lowest BCUT2D eigenvalue weighted by atomic mass is 10.1. The number of allylic oxidation sites excluding steroid dienone is 2. The van der Waals surface area contributed by atoms with Gasteiger partial charge in [0.1, 0.15) is 0 Å². The molecule has 132 valence electrons. The summed E-state index contributed by atoms with van der Waals surface area (Å²) in [5, 5.41) is 3.06. The number of carbonyl (C=O) groups is 1. The molecule has 1 amide bonds. The van der Waals surface area contributed by atoms with Crippen molar-refractivity contribution in [2.24, 2.45) is 17.3 Å². The lowest BCUT2D eigenvalue weighted by molar-refractivity contribution is -0.123. The standard InChI is InChI=1S/C19H27NO3S/c1-12(2)11-16-17(19(16,4)5)18(21)20-13(3)14-7-9-15(10-8-14)24(6,22)23/h7-11,13,16-17H,1-6H3,(H,20,21)/t13-,16+,17-/m0/s1. The van der Waals surface area contributed by atoms with Gasteiger partial charge in [-0.2, -0.15) is 0 Å². The van der Waals surface area contributed by atoms with Crippen molar-refractivity contribution in [3.05, 3.63) is 41.5 Å². The smallest absolute Gasteiger partial charge is 0.224 e. The second kappa shape index (κ2) is 6.36. The van der Waals surface area contributed by atoms with Crippen molar-refractivity contribution in [2.75, 3.05) is 6.26 Å². The number of rotatable bonds is 5. The second-order valence-electron chi connectivity index (χ2n) is 7.64. The summed E-state index contributed by atoms with van der Waals surface area (Å²) in [7, 11) is -3.20. The van der Waals surface area contributed by atoms with Gasteiger partial charge in [-0.1, -0.05) is 37.6 Å². The minimum Gasteiger partial charge on any atom is -0.349 e. The van der Waals surface area contributed by atoms with E-state index < -0.39 is 9.84 Å². The van der Waals surface area contributed by atoms with Gasteiger partial charge in [-0.15, -0.1) is 0 Å². The summed E-state index contributed by atoms with van der Waals surface area (Å²) in [6.07, 6.45) is 3.36. The first-order chi connectivity index (χ1) is 10.9. The Kier molecular flexibility index (Phi) is 4.96. The van der Waals surface area contributed by atoms with E-state index in [9.17, 15) is 13.2 Å². The number of nitrogens with one attached hydrogen (secondary N) is 1. The zero-order valence-electron chi connectivity index (χ0n) is 15.3. The van der Waals surface area contributed by atoms with E-state index in [2.05, 4.69) is 39.1 Å². The van der Waals surface area contributed by atoms with Crippen LogP contribution in [0.1, 0.15) is 46.2 Å². The van der Waals surface area contributed by atoms with Gasteiger partial charge in [-0.25, -0.2) is 8.42 Å². The maximum absolute atomic E-state index is 12.6. The molecule has 1 fully saturated rings. The van der Waals surface area contributed by atoms with Crippen LogP contribution in [0, 0.1) is 17.3 Å². The molecule has 1 N–H and O–H groups in total. The summed E-state index contributed by atoms with van der Waals surface area (Å²) in [4.78, 5) is 12.9. The van der Waals surface area contributed by atoms with E-state index in [1.54, 1.807) is 24.3 Å². The zero-order valence-corrected chi connectivity index (χ0v) is 16.1.